The van der Waals surface area contributed by atoms with Crippen LogP contribution in [0.3, 0.4) is 0 Å². The monoisotopic (exact) mass is 267 g/mol. The molecule has 2 N–H and O–H groups in total. The lowest BCUT2D eigenvalue weighted by Gasteiger charge is -1.95. The average Bonchev–Trinajstić information content (AvgIpc) is 2.53. The minimum Gasteiger partial charge on any atom is -0.330 e. The molecule has 0 atom stereocenters. The van der Waals surface area contributed by atoms with E-state index in [4.69, 9.17) is 5.73 Å². The molecular weight excluding hydrogens is 254 g/mol. The van der Waals surface area contributed by atoms with Crippen molar-refractivity contribution in [2.45, 2.75) is 12.8 Å². The third-order valence-electron chi connectivity index (χ3n) is 2.51. The first-order valence-electron chi connectivity index (χ1n) is 5.03. The van der Waals surface area contributed by atoms with Gasteiger partial charge in [-0.3, -0.25) is 4.68 Å². The molecule has 80 valence electrons. The van der Waals surface area contributed by atoms with Gasteiger partial charge in [0, 0.05) is 16.9 Å². The second-order valence-corrected chi connectivity index (χ2v) is 4.54. The molecule has 1 aromatic carbocycles. The minimum atomic E-state index is 0.717. The number of benzene rings is 1. The van der Waals surface area contributed by atoms with Crippen molar-refractivity contribution < 1.29 is 0 Å². The number of nitrogens with two attached hydrogens (primary N) is 1. The second-order valence-electron chi connectivity index (χ2n) is 3.62. The third kappa shape index (κ3) is 2.06. The van der Waals surface area contributed by atoms with Crippen LogP contribution in [0.1, 0.15) is 12.1 Å². The molecule has 0 amide bonds. The summed E-state index contributed by atoms with van der Waals surface area (Å²) in [4.78, 5) is 0. The van der Waals surface area contributed by atoms with Crippen molar-refractivity contribution >= 4 is 26.8 Å². The first-order chi connectivity index (χ1) is 7.22. The van der Waals surface area contributed by atoms with Gasteiger partial charge < -0.3 is 5.73 Å². The van der Waals surface area contributed by atoms with Crippen LogP contribution >= 0.6 is 15.9 Å². The molecule has 0 fully saturated rings. The molecule has 0 unspecified atom stereocenters. The Morgan fingerprint density at radius 1 is 1.47 bits per heavy atom. The minimum absolute atomic E-state index is 0.717. The summed E-state index contributed by atoms with van der Waals surface area (Å²) in [7, 11) is 1.97. The number of aryl methyl sites for hydroxylation is 2. The van der Waals surface area contributed by atoms with E-state index in [-0.39, 0.29) is 0 Å². The Kier molecular flexibility index (Phi) is 3.07. The topological polar surface area (TPSA) is 43.8 Å². The normalized spacial score (nSPS) is 11.1. The predicted octanol–water partition coefficient (Wildman–Crippen LogP) is 2.23. The van der Waals surface area contributed by atoms with E-state index in [1.165, 1.54) is 5.39 Å². The Hall–Kier alpha value is -0.870. The quantitative estimate of drug-likeness (QED) is 0.927. The van der Waals surface area contributed by atoms with E-state index in [0.29, 0.717) is 6.54 Å². The molecular formula is C11H14BrN3. The largest absolute Gasteiger partial charge is 0.330 e. The van der Waals surface area contributed by atoms with Crippen LogP contribution in [0.15, 0.2) is 22.7 Å². The number of hydrogen-bond donors (Lipinski definition) is 1. The maximum absolute atomic E-state index is 5.51. The molecule has 1 aromatic heterocycles. The summed E-state index contributed by atoms with van der Waals surface area (Å²) >= 11 is 3.47. The van der Waals surface area contributed by atoms with E-state index in [9.17, 15) is 0 Å². The summed E-state index contributed by atoms with van der Waals surface area (Å²) in [6, 6.07) is 6.25. The number of hydrogen-bond acceptors (Lipinski definition) is 2. The molecule has 0 spiro atoms. The highest BCUT2D eigenvalue weighted by Crippen LogP contribution is 2.22. The fourth-order valence-corrected chi connectivity index (χ4v) is 2.11. The highest BCUT2D eigenvalue weighted by Gasteiger charge is 2.07. The van der Waals surface area contributed by atoms with Crippen LogP contribution in [-0.4, -0.2) is 16.3 Å². The van der Waals surface area contributed by atoms with Gasteiger partial charge in [-0.1, -0.05) is 15.9 Å². The highest BCUT2D eigenvalue weighted by molar-refractivity contribution is 9.10. The number of halogens is 1. The fraction of sp³-hybridized carbons (Fsp3) is 0.364. The van der Waals surface area contributed by atoms with E-state index in [2.05, 4.69) is 39.2 Å². The molecule has 0 saturated carbocycles. The molecule has 0 aliphatic carbocycles. The van der Waals surface area contributed by atoms with E-state index >= 15 is 0 Å². The molecule has 0 bridgehead atoms. The van der Waals surface area contributed by atoms with Gasteiger partial charge in [-0.05, 0) is 37.6 Å². The maximum atomic E-state index is 5.51. The van der Waals surface area contributed by atoms with Crippen molar-refractivity contribution in [2.75, 3.05) is 6.54 Å². The zero-order chi connectivity index (χ0) is 10.8. The number of nitrogens with zero attached hydrogens (tertiary/aromatic N) is 2. The lowest BCUT2D eigenvalue weighted by atomic mass is 10.1. The number of aromatic nitrogens is 2. The molecule has 15 heavy (non-hydrogen) atoms. The molecule has 0 aliphatic rings. The average molecular weight is 268 g/mol. The van der Waals surface area contributed by atoms with E-state index in [0.717, 1.165) is 28.5 Å². The maximum Gasteiger partial charge on any atom is 0.0703 e. The molecule has 4 heteroatoms. The molecule has 3 nitrogen and oxygen atoms in total. The van der Waals surface area contributed by atoms with Crippen molar-refractivity contribution in [1.82, 2.24) is 9.78 Å². The first-order valence-corrected chi connectivity index (χ1v) is 5.83. The Labute approximate surface area is 97.4 Å². The van der Waals surface area contributed by atoms with Gasteiger partial charge in [0.15, 0.2) is 0 Å². The van der Waals surface area contributed by atoms with Gasteiger partial charge in [0.2, 0.25) is 0 Å². The van der Waals surface area contributed by atoms with Crippen LogP contribution in [0.25, 0.3) is 10.9 Å². The van der Waals surface area contributed by atoms with Gasteiger partial charge in [-0.25, -0.2) is 0 Å². The molecule has 2 rings (SSSR count). The van der Waals surface area contributed by atoms with Crippen LogP contribution in [0.5, 0.6) is 0 Å². The van der Waals surface area contributed by atoms with Gasteiger partial charge >= 0.3 is 0 Å². The first kappa shape index (κ1) is 10.6. The summed E-state index contributed by atoms with van der Waals surface area (Å²) in [6.45, 7) is 0.717. The van der Waals surface area contributed by atoms with E-state index < -0.39 is 0 Å². The summed E-state index contributed by atoms with van der Waals surface area (Å²) < 4.78 is 3.01. The van der Waals surface area contributed by atoms with Crippen LogP contribution in [0.2, 0.25) is 0 Å². The van der Waals surface area contributed by atoms with Gasteiger partial charge in [0.1, 0.15) is 0 Å². The zero-order valence-electron chi connectivity index (χ0n) is 8.70. The van der Waals surface area contributed by atoms with Crippen molar-refractivity contribution in [3.63, 3.8) is 0 Å². The number of fused-ring (bicyclic) bond motifs is 1. The number of rotatable bonds is 3. The summed E-state index contributed by atoms with van der Waals surface area (Å²) in [5, 5.41) is 5.74. The van der Waals surface area contributed by atoms with E-state index in [1.54, 1.807) is 0 Å². The van der Waals surface area contributed by atoms with E-state index in [1.807, 2.05) is 11.7 Å². The Morgan fingerprint density at radius 3 is 3.00 bits per heavy atom. The third-order valence-corrected chi connectivity index (χ3v) is 3.00. The second kappa shape index (κ2) is 4.33. The summed E-state index contributed by atoms with van der Waals surface area (Å²) in [6.07, 6.45) is 1.94. The fourth-order valence-electron chi connectivity index (χ4n) is 1.76. The molecule has 0 saturated heterocycles. The van der Waals surface area contributed by atoms with Gasteiger partial charge in [0.25, 0.3) is 0 Å². The summed E-state index contributed by atoms with van der Waals surface area (Å²) in [5.74, 6) is 0. The van der Waals surface area contributed by atoms with Crippen molar-refractivity contribution in [3.05, 3.63) is 28.4 Å². The molecule has 1 heterocycles. The molecule has 0 radical (unpaired) electrons. The van der Waals surface area contributed by atoms with Gasteiger partial charge in [-0.15, -0.1) is 0 Å². The predicted molar refractivity (Wildman–Crippen MR) is 65.8 cm³/mol. The summed E-state index contributed by atoms with van der Waals surface area (Å²) in [5.41, 5.74) is 7.82. The van der Waals surface area contributed by atoms with Crippen molar-refractivity contribution in [3.8, 4) is 0 Å². The van der Waals surface area contributed by atoms with Crippen molar-refractivity contribution in [2.24, 2.45) is 12.8 Å². The van der Waals surface area contributed by atoms with Gasteiger partial charge in [0.05, 0.1) is 11.2 Å². The smallest absolute Gasteiger partial charge is 0.0703 e. The van der Waals surface area contributed by atoms with Crippen LogP contribution in [-0.2, 0) is 13.5 Å². The highest BCUT2D eigenvalue weighted by atomic mass is 79.9. The Bertz CT molecular complexity index is 476. The van der Waals surface area contributed by atoms with Crippen molar-refractivity contribution in [1.29, 1.82) is 0 Å². The lowest BCUT2D eigenvalue weighted by Crippen LogP contribution is -2.01. The van der Waals surface area contributed by atoms with Crippen LogP contribution < -0.4 is 5.73 Å². The zero-order valence-corrected chi connectivity index (χ0v) is 10.3. The standard InChI is InChI=1S/C11H14BrN3/c1-15-11-7-8(12)4-5-9(11)10(14-15)3-2-6-13/h4-5,7H,2-3,6,13H2,1H3. The molecule has 0 aliphatic heterocycles. The Balaban J connectivity index is 2.48. The molecule has 2 aromatic rings. The van der Waals surface area contributed by atoms with Gasteiger partial charge in [-0.2, -0.15) is 5.10 Å². The van der Waals surface area contributed by atoms with Crippen LogP contribution in [0, 0.1) is 0 Å². The van der Waals surface area contributed by atoms with Crippen LogP contribution in [0.4, 0.5) is 0 Å². The lowest BCUT2D eigenvalue weighted by molar-refractivity contribution is 0.739. The Morgan fingerprint density at radius 2 is 2.27 bits per heavy atom. The SMILES string of the molecule is Cn1nc(CCCN)c2ccc(Br)cc21.